The number of nitrogens with one attached hydrogen (secondary N) is 1. The Morgan fingerprint density at radius 3 is 2.79 bits per heavy atom. The quantitative estimate of drug-likeness (QED) is 0.698. The Hall–Kier alpha value is -2.67. The molecule has 0 aliphatic rings. The van der Waals surface area contributed by atoms with Crippen LogP contribution >= 0.6 is 11.8 Å². The van der Waals surface area contributed by atoms with Gasteiger partial charge < -0.3 is 5.32 Å². The molecule has 2 aromatic heterocycles. The minimum Gasteiger partial charge on any atom is -0.351 e. The Kier molecular flexibility index (Phi) is 5.22. The lowest BCUT2D eigenvalue weighted by Gasteiger charge is -2.06. The zero-order chi connectivity index (χ0) is 16.8. The highest BCUT2D eigenvalue weighted by molar-refractivity contribution is 7.99. The van der Waals surface area contributed by atoms with E-state index in [1.54, 1.807) is 17.1 Å². The van der Waals surface area contributed by atoms with Crippen LogP contribution in [0.3, 0.4) is 0 Å². The van der Waals surface area contributed by atoms with E-state index in [1.165, 1.54) is 17.3 Å². The van der Waals surface area contributed by atoms with Crippen molar-refractivity contribution in [2.24, 2.45) is 0 Å². The van der Waals surface area contributed by atoms with Gasteiger partial charge in [0.15, 0.2) is 5.16 Å². The highest BCUT2D eigenvalue weighted by Gasteiger charge is 2.10. The Morgan fingerprint density at radius 1 is 1.21 bits per heavy atom. The number of hydrogen-bond donors (Lipinski definition) is 1. The number of thioether (sulfide) groups is 1. The van der Waals surface area contributed by atoms with Gasteiger partial charge in [0.2, 0.25) is 5.91 Å². The Balaban J connectivity index is 1.54. The third-order valence-corrected chi connectivity index (χ3v) is 4.30. The second-order valence-corrected chi connectivity index (χ2v) is 6.16. The highest BCUT2D eigenvalue weighted by Crippen LogP contribution is 2.17. The van der Waals surface area contributed by atoms with Crippen molar-refractivity contribution in [3.63, 3.8) is 0 Å². The largest absolute Gasteiger partial charge is 0.351 e. The Labute approximate surface area is 144 Å². The Bertz CT molecular complexity index is 801. The first-order valence-corrected chi connectivity index (χ1v) is 8.47. The van der Waals surface area contributed by atoms with Crippen LogP contribution in [-0.4, -0.2) is 31.4 Å². The molecule has 0 fully saturated rings. The minimum atomic E-state index is -0.0452. The molecule has 24 heavy (non-hydrogen) atoms. The summed E-state index contributed by atoms with van der Waals surface area (Å²) < 4.78 is 1.76. The van der Waals surface area contributed by atoms with Crippen LogP contribution in [0.15, 0.2) is 60.1 Å². The number of hydrogen-bond acceptors (Lipinski definition) is 5. The van der Waals surface area contributed by atoms with Gasteiger partial charge >= 0.3 is 0 Å². The number of benzene rings is 1. The van der Waals surface area contributed by atoms with E-state index >= 15 is 0 Å². The van der Waals surface area contributed by atoms with E-state index in [1.807, 2.05) is 49.4 Å². The van der Waals surface area contributed by atoms with Gasteiger partial charge in [-0.05, 0) is 24.6 Å². The molecule has 1 amide bonds. The third kappa shape index (κ3) is 4.20. The Morgan fingerprint density at radius 2 is 2.04 bits per heavy atom. The first kappa shape index (κ1) is 16.2. The van der Waals surface area contributed by atoms with Gasteiger partial charge in [0.05, 0.1) is 5.75 Å². The lowest BCUT2D eigenvalue weighted by molar-refractivity contribution is -0.118. The van der Waals surface area contributed by atoms with Crippen molar-refractivity contribution >= 4 is 17.7 Å². The number of aryl methyl sites for hydroxylation is 1. The fraction of sp³-hybridized carbons (Fsp3) is 0.176. The monoisotopic (exact) mass is 339 g/mol. The molecule has 7 heteroatoms. The molecule has 0 bridgehead atoms. The molecule has 0 saturated heterocycles. The van der Waals surface area contributed by atoms with E-state index in [-0.39, 0.29) is 11.7 Å². The topological polar surface area (TPSA) is 72.7 Å². The zero-order valence-corrected chi connectivity index (χ0v) is 14.0. The van der Waals surface area contributed by atoms with E-state index in [0.29, 0.717) is 11.7 Å². The number of amides is 1. The molecule has 3 rings (SSSR count). The predicted octanol–water partition coefficient (Wildman–Crippen LogP) is 2.38. The number of pyridine rings is 1. The summed E-state index contributed by atoms with van der Waals surface area (Å²) in [6.07, 6.45) is 3.30. The van der Waals surface area contributed by atoms with Gasteiger partial charge in [0.25, 0.3) is 0 Å². The average Bonchev–Trinajstić information content (AvgIpc) is 3.09. The molecule has 0 aliphatic carbocycles. The van der Waals surface area contributed by atoms with Crippen molar-refractivity contribution < 1.29 is 4.79 Å². The summed E-state index contributed by atoms with van der Waals surface area (Å²) in [5.74, 6) is 0.957. The van der Waals surface area contributed by atoms with Crippen LogP contribution in [0.5, 0.6) is 0 Å². The third-order valence-electron chi connectivity index (χ3n) is 3.36. The normalized spacial score (nSPS) is 10.5. The number of carbonyl (C=O) groups excluding carboxylic acids is 1. The minimum absolute atomic E-state index is 0.0452. The van der Waals surface area contributed by atoms with Gasteiger partial charge in [-0.1, -0.05) is 47.7 Å². The van der Waals surface area contributed by atoms with Crippen LogP contribution in [0, 0.1) is 6.92 Å². The molecule has 0 aliphatic heterocycles. The summed E-state index contributed by atoms with van der Waals surface area (Å²) in [5.41, 5.74) is 2.28. The van der Waals surface area contributed by atoms with Crippen LogP contribution in [-0.2, 0) is 11.3 Å². The number of rotatable bonds is 6. The molecule has 122 valence electrons. The molecule has 1 N–H and O–H groups in total. The van der Waals surface area contributed by atoms with Gasteiger partial charge in [0, 0.05) is 12.7 Å². The lowest BCUT2D eigenvalue weighted by Crippen LogP contribution is -2.24. The highest BCUT2D eigenvalue weighted by atomic mass is 32.2. The predicted molar refractivity (Wildman–Crippen MR) is 92.9 cm³/mol. The molecule has 0 saturated carbocycles. The van der Waals surface area contributed by atoms with Crippen LogP contribution in [0.2, 0.25) is 0 Å². The molecule has 0 spiro atoms. The summed E-state index contributed by atoms with van der Waals surface area (Å²) >= 11 is 1.33. The van der Waals surface area contributed by atoms with Crippen LogP contribution in [0.4, 0.5) is 0 Å². The molecular weight excluding hydrogens is 322 g/mol. The van der Waals surface area contributed by atoms with E-state index in [2.05, 4.69) is 20.5 Å². The first-order chi connectivity index (χ1) is 11.7. The maximum Gasteiger partial charge on any atom is 0.230 e. The summed E-state index contributed by atoms with van der Waals surface area (Å²) in [7, 11) is 0. The molecular formula is C17H17N5OS. The second kappa shape index (κ2) is 7.74. The van der Waals surface area contributed by atoms with Crippen molar-refractivity contribution in [1.29, 1.82) is 0 Å². The molecule has 6 nitrogen and oxygen atoms in total. The van der Waals surface area contributed by atoms with Crippen molar-refractivity contribution in [1.82, 2.24) is 25.1 Å². The first-order valence-electron chi connectivity index (χ1n) is 7.49. The SMILES string of the molecule is Cc1ccc(CNC(=O)CSc2nncn2-c2ccccn2)cc1. The van der Waals surface area contributed by atoms with Gasteiger partial charge in [-0.15, -0.1) is 10.2 Å². The number of carbonyl (C=O) groups is 1. The van der Waals surface area contributed by atoms with Crippen molar-refractivity contribution in [3.05, 3.63) is 66.1 Å². The molecule has 2 heterocycles. The smallest absolute Gasteiger partial charge is 0.230 e. The van der Waals surface area contributed by atoms with E-state index in [4.69, 9.17) is 0 Å². The van der Waals surface area contributed by atoms with Gasteiger partial charge in [0.1, 0.15) is 12.1 Å². The van der Waals surface area contributed by atoms with Gasteiger partial charge in [-0.3, -0.25) is 9.36 Å². The molecule has 0 atom stereocenters. The van der Waals surface area contributed by atoms with Crippen molar-refractivity contribution in [2.75, 3.05) is 5.75 Å². The fourth-order valence-corrected chi connectivity index (χ4v) is 2.81. The average molecular weight is 339 g/mol. The van der Waals surface area contributed by atoms with Crippen molar-refractivity contribution in [2.45, 2.75) is 18.6 Å². The zero-order valence-electron chi connectivity index (χ0n) is 13.2. The summed E-state index contributed by atoms with van der Waals surface area (Å²) in [6.45, 7) is 2.56. The second-order valence-electron chi connectivity index (χ2n) is 5.22. The van der Waals surface area contributed by atoms with Gasteiger partial charge in [-0.2, -0.15) is 0 Å². The van der Waals surface area contributed by atoms with E-state index < -0.39 is 0 Å². The standard InChI is InChI=1S/C17H17N5OS/c1-13-5-7-14(8-6-13)10-19-16(23)11-24-17-21-20-12-22(17)15-4-2-3-9-18-15/h2-9,12H,10-11H2,1H3,(H,19,23). The molecule has 1 aromatic carbocycles. The van der Waals surface area contributed by atoms with Crippen LogP contribution in [0.1, 0.15) is 11.1 Å². The number of aromatic nitrogens is 4. The van der Waals surface area contributed by atoms with Crippen LogP contribution < -0.4 is 5.32 Å². The fourth-order valence-electron chi connectivity index (χ4n) is 2.06. The van der Waals surface area contributed by atoms with Gasteiger partial charge in [-0.25, -0.2) is 4.98 Å². The molecule has 0 unspecified atom stereocenters. The summed E-state index contributed by atoms with van der Waals surface area (Å²) in [4.78, 5) is 16.3. The van der Waals surface area contributed by atoms with E-state index in [9.17, 15) is 4.79 Å². The maximum atomic E-state index is 12.0. The van der Waals surface area contributed by atoms with E-state index in [0.717, 1.165) is 11.4 Å². The molecule has 3 aromatic rings. The summed E-state index contributed by atoms with van der Waals surface area (Å²) in [6, 6.07) is 13.7. The van der Waals surface area contributed by atoms with Crippen molar-refractivity contribution in [3.8, 4) is 5.82 Å². The van der Waals surface area contributed by atoms with Crippen LogP contribution in [0.25, 0.3) is 5.82 Å². The maximum absolute atomic E-state index is 12.0. The molecule has 0 radical (unpaired) electrons. The summed E-state index contributed by atoms with van der Waals surface area (Å²) in [5, 5.41) is 11.5. The number of nitrogens with zero attached hydrogens (tertiary/aromatic N) is 4. The lowest BCUT2D eigenvalue weighted by atomic mass is 10.1.